The van der Waals surface area contributed by atoms with Crippen molar-refractivity contribution in [3.05, 3.63) is 94.0 Å². The molecular formula is C27H30ClF2N3O4S. The average molecular weight is 566 g/mol. The lowest BCUT2D eigenvalue weighted by atomic mass is 10.0. The van der Waals surface area contributed by atoms with Gasteiger partial charge in [-0.25, -0.2) is 21.9 Å². The number of hydrogen-bond donors (Lipinski definition) is 4. The number of aliphatic hydroxyl groups excluding tert-OH is 1. The van der Waals surface area contributed by atoms with E-state index in [0.717, 1.165) is 29.7 Å². The third kappa shape index (κ3) is 8.57. The van der Waals surface area contributed by atoms with Gasteiger partial charge in [-0.15, -0.1) is 0 Å². The lowest BCUT2D eigenvalue weighted by Gasteiger charge is -2.25. The zero-order chi connectivity index (χ0) is 27.9. The van der Waals surface area contributed by atoms with Crippen molar-refractivity contribution in [2.75, 3.05) is 11.9 Å². The molecule has 4 N–H and O–H groups in total. The molecule has 0 aliphatic rings. The first-order valence-corrected chi connectivity index (χ1v) is 13.8. The summed E-state index contributed by atoms with van der Waals surface area (Å²) in [5.74, 6) is -2.00. The molecule has 0 aromatic heterocycles. The first-order valence-electron chi connectivity index (χ1n) is 12.0. The second kappa shape index (κ2) is 13.3. The number of hydrogen-bond acceptors (Lipinski definition) is 5. The van der Waals surface area contributed by atoms with Crippen LogP contribution < -0.4 is 15.4 Å². The highest BCUT2D eigenvalue weighted by molar-refractivity contribution is 7.89. The molecule has 0 spiro atoms. The summed E-state index contributed by atoms with van der Waals surface area (Å²) < 4.78 is 56.4. The van der Waals surface area contributed by atoms with Crippen LogP contribution in [0.2, 0.25) is 5.02 Å². The van der Waals surface area contributed by atoms with Crippen molar-refractivity contribution in [2.45, 2.75) is 50.3 Å². The zero-order valence-corrected chi connectivity index (χ0v) is 22.5. The second-order valence-corrected chi connectivity index (χ2v) is 11.0. The predicted molar refractivity (Wildman–Crippen MR) is 143 cm³/mol. The summed E-state index contributed by atoms with van der Waals surface area (Å²) in [5.41, 5.74) is 2.56. The molecule has 0 radical (unpaired) electrons. The standard InChI is InChI=1S/C27H30ClF2N3O4S/c1-3-18-5-4-6-19(9-18)15-31-16-27(35)26(12-20-10-21(29)13-22(30)11-20)33-38(36,37)23-7-8-25(24(28)14-23)32-17(2)34/h4-11,13-14,26-27,31,33,35H,3,12,15-16H2,1-2H3,(H,32,34). The molecular weight excluding hydrogens is 536 g/mol. The summed E-state index contributed by atoms with van der Waals surface area (Å²) in [6.07, 6.45) is -0.556. The summed E-state index contributed by atoms with van der Waals surface area (Å²) in [4.78, 5) is 11.1. The van der Waals surface area contributed by atoms with Crippen LogP contribution in [0.1, 0.15) is 30.5 Å². The second-order valence-electron chi connectivity index (χ2n) is 8.90. The van der Waals surface area contributed by atoms with Gasteiger partial charge in [0.05, 0.1) is 27.8 Å². The molecule has 0 saturated heterocycles. The van der Waals surface area contributed by atoms with Crippen molar-refractivity contribution in [1.29, 1.82) is 0 Å². The quantitative estimate of drug-likeness (QED) is 0.264. The molecule has 2 unspecified atom stereocenters. The molecule has 2 atom stereocenters. The van der Waals surface area contributed by atoms with Gasteiger partial charge in [-0.05, 0) is 59.9 Å². The number of nitrogens with one attached hydrogen (secondary N) is 3. The van der Waals surface area contributed by atoms with Crippen molar-refractivity contribution >= 4 is 33.2 Å². The van der Waals surface area contributed by atoms with E-state index >= 15 is 0 Å². The van der Waals surface area contributed by atoms with Gasteiger partial charge >= 0.3 is 0 Å². The molecule has 0 bridgehead atoms. The maximum Gasteiger partial charge on any atom is 0.240 e. The fraction of sp³-hybridized carbons (Fsp3) is 0.296. The Hall–Kier alpha value is -2.89. The van der Waals surface area contributed by atoms with Crippen LogP contribution in [-0.4, -0.2) is 38.1 Å². The van der Waals surface area contributed by atoms with Crippen LogP contribution in [0.4, 0.5) is 14.5 Å². The largest absolute Gasteiger partial charge is 0.390 e. The van der Waals surface area contributed by atoms with Gasteiger partial charge < -0.3 is 15.7 Å². The van der Waals surface area contributed by atoms with E-state index in [-0.39, 0.29) is 40.0 Å². The van der Waals surface area contributed by atoms with E-state index in [1.165, 1.54) is 25.1 Å². The number of carbonyl (C=O) groups is 1. The molecule has 3 rings (SSSR count). The summed E-state index contributed by atoms with van der Waals surface area (Å²) >= 11 is 6.14. The van der Waals surface area contributed by atoms with Gasteiger partial charge in [-0.1, -0.05) is 42.8 Å². The molecule has 11 heteroatoms. The molecule has 7 nitrogen and oxygen atoms in total. The number of amides is 1. The molecule has 204 valence electrons. The Kier molecular flexibility index (Phi) is 10.3. The molecule has 3 aromatic carbocycles. The number of benzene rings is 3. The number of aryl methyl sites for hydroxylation is 1. The first kappa shape index (κ1) is 29.7. The minimum atomic E-state index is -4.22. The Balaban J connectivity index is 1.80. The van der Waals surface area contributed by atoms with Crippen molar-refractivity contribution in [3.63, 3.8) is 0 Å². The van der Waals surface area contributed by atoms with Crippen LogP contribution in [0, 0.1) is 11.6 Å². The predicted octanol–water partition coefficient (Wildman–Crippen LogP) is 4.18. The van der Waals surface area contributed by atoms with Crippen LogP contribution in [0.3, 0.4) is 0 Å². The van der Waals surface area contributed by atoms with Gasteiger partial charge in [-0.2, -0.15) is 0 Å². The molecule has 3 aromatic rings. The molecule has 38 heavy (non-hydrogen) atoms. The maximum absolute atomic E-state index is 13.8. The van der Waals surface area contributed by atoms with Gasteiger partial charge in [0, 0.05) is 26.1 Å². The number of sulfonamides is 1. The molecule has 0 fully saturated rings. The third-order valence-electron chi connectivity index (χ3n) is 5.79. The van der Waals surface area contributed by atoms with Crippen molar-refractivity contribution in [1.82, 2.24) is 10.0 Å². The van der Waals surface area contributed by atoms with Crippen LogP contribution in [0.25, 0.3) is 0 Å². The lowest BCUT2D eigenvalue weighted by Crippen LogP contribution is -2.48. The number of carbonyl (C=O) groups excluding carboxylic acids is 1. The van der Waals surface area contributed by atoms with E-state index < -0.39 is 33.8 Å². The third-order valence-corrected chi connectivity index (χ3v) is 7.59. The normalized spacial score (nSPS) is 13.2. The fourth-order valence-electron chi connectivity index (χ4n) is 3.93. The van der Waals surface area contributed by atoms with Crippen LogP contribution in [-0.2, 0) is 34.2 Å². The van der Waals surface area contributed by atoms with E-state index in [0.29, 0.717) is 12.6 Å². The topological polar surface area (TPSA) is 108 Å². The minimum absolute atomic E-state index is 0.00310. The molecule has 0 aliphatic carbocycles. The van der Waals surface area contributed by atoms with Gasteiger partial charge in [-0.3, -0.25) is 4.79 Å². The smallest absolute Gasteiger partial charge is 0.240 e. The molecule has 0 aliphatic heterocycles. The number of aliphatic hydroxyl groups is 1. The number of halogens is 3. The summed E-state index contributed by atoms with van der Waals surface area (Å²) in [6, 6.07) is 13.4. The van der Waals surface area contributed by atoms with E-state index in [4.69, 9.17) is 11.6 Å². The van der Waals surface area contributed by atoms with E-state index in [2.05, 4.69) is 15.4 Å². The van der Waals surface area contributed by atoms with Crippen LogP contribution >= 0.6 is 11.6 Å². The minimum Gasteiger partial charge on any atom is -0.390 e. The summed E-state index contributed by atoms with van der Waals surface area (Å²) in [6.45, 7) is 3.77. The Morgan fingerprint density at radius 3 is 2.32 bits per heavy atom. The molecule has 0 heterocycles. The highest BCUT2D eigenvalue weighted by Gasteiger charge is 2.27. The van der Waals surface area contributed by atoms with Gasteiger partial charge in [0.1, 0.15) is 11.6 Å². The van der Waals surface area contributed by atoms with Gasteiger partial charge in [0.2, 0.25) is 15.9 Å². The average Bonchev–Trinajstić information content (AvgIpc) is 2.84. The SMILES string of the molecule is CCc1cccc(CNCC(O)C(Cc2cc(F)cc(F)c2)NS(=O)(=O)c2ccc(NC(C)=O)c(Cl)c2)c1. The van der Waals surface area contributed by atoms with Gasteiger partial charge in [0.25, 0.3) is 0 Å². The van der Waals surface area contributed by atoms with E-state index in [1.807, 2.05) is 31.2 Å². The molecule has 1 amide bonds. The van der Waals surface area contributed by atoms with Gasteiger partial charge in [0.15, 0.2) is 0 Å². The van der Waals surface area contributed by atoms with E-state index in [9.17, 15) is 27.1 Å². The zero-order valence-electron chi connectivity index (χ0n) is 21.0. The van der Waals surface area contributed by atoms with Crippen LogP contribution in [0.15, 0.2) is 65.6 Å². The monoisotopic (exact) mass is 565 g/mol. The fourth-order valence-corrected chi connectivity index (χ4v) is 5.51. The Labute approximate surface area is 226 Å². The highest BCUT2D eigenvalue weighted by atomic mass is 35.5. The van der Waals surface area contributed by atoms with Crippen LogP contribution in [0.5, 0.6) is 0 Å². The first-order chi connectivity index (χ1) is 18.0. The van der Waals surface area contributed by atoms with E-state index in [1.54, 1.807) is 0 Å². The van der Waals surface area contributed by atoms with Crippen molar-refractivity contribution in [3.8, 4) is 0 Å². The summed E-state index contributed by atoms with van der Waals surface area (Å²) in [7, 11) is -4.22. The van der Waals surface area contributed by atoms with Crippen molar-refractivity contribution < 1.29 is 27.1 Å². The Morgan fingerprint density at radius 1 is 1.00 bits per heavy atom. The summed E-state index contributed by atoms with van der Waals surface area (Å²) in [5, 5.41) is 16.5. The number of anilines is 1. The van der Waals surface area contributed by atoms with Crippen molar-refractivity contribution in [2.24, 2.45) is 0 Å². The number of rotatable bonds is 12. The maximum atomic E-state index is 13.8. The Bertz CT molecular complexity index is 1370. The highest BCUT2D eigenvalue weighted by Crippen LogP contribution is 2.26. The lowest BCUT2D eigenvalue weighted by molar-refractivity contribution is -0.114. The Morgan fingerprint density at radius 2 is 1.68 bits per heavy atom. The molecule has 0 saturated carbocycles.